The monoisotopic (exact) mass is 296 g/mol. The first kappa shape index (κ1) is 13.2. The van der Waals surface area contributed by atoms with Gasteiger partial charge in [0.15, 0.2) is 5.82 Å². The molecule has 1 fully saturated rings. The number of nitrogens with zero attached hydrogens (tertiary/aromatic N) is 4. The quantitative estimate of drug-likeness (QED) is 0.738. The summed E-state index contributed by atoms with van der Waals surface area (Å²) in [6.45, 7) is 2.14. The molecule has 22 heavy (non-hydrogen) atoms. The average molecular weight is 296 g/mol. The molecule has 1 saturated carbocycles. The van der Waals surface area contributed by atoms with Crippen molar-refractivity contribution in [1.29, 1.82) is 0 Å². The first-order valence-electron chi connectivity index (χ1n) is 7.35. The van der Waals surface area contributed by atoms with Crippen molar-refractivity contribution >= 4 is 10.8 Å². The second kappa shape index (κ2) is 4.50. The fraction of sp³-hybridized carbons (Fsp3) is 0.375. The van der Waals surface area contributed by atoms with Gasteiger partial charge in [-0.25, -0.2) is 4.68 Å². The Morgan fingerprint density at radius 1 is 1.27 bits per heavy atom. The molecule has 0 saturated heterocycles. The molecule has 0 aliphatic heterocycles. The SMILES string of the molecule is Cn1nc(Cc2nc(C3(C)CC3)no2)c2ccccc2c1=O. The van der Waals surface area contributed by atoms with Crippen LogP contribution in [0.4, 0.5) is 0 Å². The Kier molecular flexibility index (Phi) is 2.69. The molecule has 0 unspecified atom stereocenters. The van der Waals surface area contributed by atoms with Gasteiger partial charge in [-0.1, -0.05) is 30.3 Å². The van der Waals surface area contributed by atoms with Gasteiger partial charge in [-0.05, 0) is 18.9 Å². The van der Waals surface area contributed by atoms with Crippen LogP contribution < -0.4 is 5.56 Å². The van der Waals surface area contributed by atoms with Crippen LogP contribution in [0.25, 0.3) is 10.8 Å². The van der Waals surface area contributed by atoms with Gasteiger partial charge in [-0.3, -0.25) is 4.79 Å². The largest absolute Gasteiger partial charge is 0.339 e. The lowest BCUT2D eigenvalue weighted by atomic mass is 10.1. The summed E-state index contributed by atoms with van der Waals surface area (Å²) in [4.78, 5) is 16.6. The molecule has 0 spiro atoms. The van der Waals surface area contributed by atoms with E-state index in [1.165, 1.54) is 4.68 Å². The van der Waals surface area contributed by atoms with Gasteiger partial charge in [-0.15, -0.1) is 0 Å². The summed E-state index contributed by atoms with van der Waals surface area (Å²) in [7, 11) is 1.66. The summed E-state index contributed by atoms with van der Waals surface area (Å²) in [5.74, 6) is 1.32. The maximum Gasteiger partial charge on any atom is 0.274 e. The number of benzene rings is 1. The van der Waals surface area contributed by atoms with Crippen LogP contribution in [-0.2, 0) is 18.9 Å². The van der Waals surface area contributed by atoms with Crippen LogP contribution in [0.15, 0.2) is 33.6 Å². The zero-order chi connectivity index (χ0) is 15.3. The molecular weight excluding hydrogens is 280 g/mol. The maximum absolute atomic E-state index is 12.1. The van der Waals surface area contributed by atoms with Crippen LogP contribution >= 0.6 is 0 Å². The fourth-order valence-corrected chi connectivity index (χ4v) is 2.63. The van der Waals surface area contributed by atoms with Crippen LogP contribution in [0.5, 0.6) is 0 Å². The Hall–Kier alpha value is -2.50. The molecule has 1 aromatic carbocycles. The van der Waals surface area contributed by atoms with Gasteiger partial charge in [0.2, 0.25) is 5.89 Å². The van der Waals surface area contributed by atoms with Gasteiger partial charge in [0.25, 0.3) is 5.56 Å². The van der Waals surface area contributed by atoms with Crippen molar-refractivity contribution < 1.29 is 4.52 Å². The lowest BCUT2D eigenvalue weighted by molar-refractivity contribution is 0.374. The van der Waals surface area contributed by atoms with Crippen molar-refractivity contribution in [2.45, 2.75) is 31.6 Å². The molecule has 4 rings (SSSR count). The predicted molar refractivity (Wildman–Crippen MR) is 80.7 cm³/mol. The van der Waals surface area contributed by atoms with Crippen LogP contribution in [0, 0.1) is 0 Å². The summed E-state index contributed by atoms with van der Waals surface area (Å²) in [5.41, 5.74) is 0.755. The summed E-state index contributed by atoms with van der Waals surface area (Å²) in [5, 5.41) is 9.94. The van der Waals surface area contributed by atoms with Gasteiger partial charge in [-0.2, -0.15) is 10.1 Å². The highest BCUT2D eigenvalue weighted by Crippen LogP contribution is 2.45. The molecule has 112 valence electrons. The summed E-state index contributed by atoms with van der Waals surface area (Å²) < 4.78 is 6.72. The number of aromatic nitrogens is 4. The normalized spacial score (nSPS) is 16.1. The third kappa shape index (κ3) is 2.03. The van der Waals surface area contributed by atoms with E-state index in [9.17, 15) is 4.79 Å². The molecule has 6 nitrogen and oxygen atoms in total. The van der Waals surface area contributed by atoms with Crippen molar-refractivity contribution in [2.24, 2.45) is 7.05 Å². The van der Waals surface area contributed by atoms with Crippen molar-refractivity contribution in [3.05, 3.63) is 52.0 Å². The van der Waals surface area contributed by atoms with E-state index in [0.29, 0.717) is 17.7 Å². The molecule has 0 bridgehead atoms. The maximum atomic E-state index is 12.1. The highest BCUT2D eigenvalue weighted by molar-refractivity contribution is 5.83. The van der Waals surface area contributed by atoms with Crippen LogP contribution in [0.3, 0.4) is 0 Å². The molecule has 0 N–H and O–H groups in total. The van der Waals surface area contributed by atoms with Crippen molar-refractivity contribution in [3.8, 4) is 0 Å². The summed E-state index contributed by atoms with van der Waals surface area (Å²) in [6.07, 6.45) is 2.64. The minimum absolute atomic E-state index is 0.0841. The lowest BCUT2D eigenvalue weighted by Gasteiger charge is -2.05. The highest BCUT2D eigenvalue weighted by Gasteiger charge is 2.43. The number of aryl methyl sites for hydroxylation is 1. The van der Waals surface area contributed by atoms with E-state index in [0.717, 1.165) is 29.7 Å². The minimum Gasteiger partial charge on any atom is -0.339 e. The molecule has 6 heteroatoms. The third-order valence-electron chi connectivity index (χ3n) is 4.36. The third-order valence-corrected chi connectivity index (χ3v) is 4.36. The average Bonchev–Trinajstić information content (AvgIpc) is 3.09. The second-order valence-corrected chi connectivity index (χ2v) is 6.17. The molecule has 0 amide bonds. The van der Waals surface area contributed by atoms with E-state index in [1.807, 2.05) is 24.3 Å². The van der Waals surface area contributed by atoms with Crippen LogP contribution in [0.1, 0.15) is 37.2 Å². The molecule has 2 heterocycles. The summed E-state index contributed by atoms with van der Waals surface area (Å²) >= 11 is 0. The van der Waals surface area contributed by atoms with E-state index in [4.69, 9.17) is 4.52 Å². The molecule has 0 radical (unpaired) electrons. The summed E-state index contributed by atoms with van der Waals surface area (Å²) in [6, 6.07) is 7.47. The highest BCUT2D eigenvalue weighted by atomic mass is 16.5. The molecule has 1 aliphatic carbocycles. The van der Waals surface area contributed by atoms with E-state index in [2.05, 4.69) is 22.2 Å². The number of hydrogen-bond donors (Lipinski definition) is 0. The van der Waals surface area contributed by atoms with Crippen LogP contribution in [0.2, 0.25) is 0 Å². The minimum atomic E-state index is -0.101. The van der Waals surface area contributed by atoms with E-state index in [1.54, 1.807) is 7.05 Å². The van der Waals surface area contributed by atoms with Crippen molar-refractivity contribution in [3.63, 3.8) is 0 Å². The second-order valence-electron chi connectivity index (χ2n) is 6.17. The Bertz CT molecular complexity index is 921. The zero-order valence-corrected chi connectivity index (χ0v) is 12.5. The van der Waals surface area contributed by atoms with Gasteiger partial charge in [0.1, 0.15) is 0 Å². The molecule has 3 aromatic rings. The Morgan fingerprint density at radius 2 is 2.00 bits per heavy atom. The Morgan fingerprint density at radius 3 is 2.73 bits per heavy atom. The van der Waals surface area contributed by atoms with Gasteiger partial charge < -0.3 is 4.52 Å². The van der Waals surface area contributed by atoms with Gasteiger partial charge in [0, 0.05) is 17.8 Å². The standard InChI is InChI=1S/C16H16N4O2/c1-16(7-8-16)15-17-13(22-19-15)9-12-10-5-3-4-6-11(10)14(21)20(2)18-12/h3-6H,7-9H2,1-2H3. The first-order chi connectivity index (χ1) is 10.6. The number of hydrogen-bond acceptors (Lipinski definition) is 5. The Labute approximate surface area is 126 Å². The van der Waals surface area contributed by atoms with E-state index in [-0.39, 0.29) is 11.0 Å². The van der Waals surface area contributed by atoms with E-state index >= 15 is 0 Å². The predicted octanol–water partition coefficient (Wildman–Crippen LogP) is 1.96. The van der Waals surface area contributed by atoms with Gasteiger partial charge in [0.05, 0.1) is 17.5 Å². The Balaban J connectivity index is 1.77. The lowest BCUT2D eigenvalue weighted by Crippen LogP contribution is -2.21. The fourth-order valence-electron chi connectivity index (χ4n) is 2.63. The van der Waals surface area contributed by atoms with Crippen LogP contribution in [-0.4, -0.2) is 19.9 Å². The van der Waals surface area contributed by atoms with Crippen molar-refractivity contribution in [1.82, 2.24) is 19.9 Å². The smallest absolute Gasteiger partial charge is 0.274 e. The molecule has 1 aliphatic rings. The number of rotatable bonds is 3. The number of fused-ring (bicyclic) bond motifs is 1. The van der Waals surface area contributed by atoms with E-state index < -0.39 is 0 Å². The van der Waals surface area contributed by atoms with Crippen molar-refractivity contribution in [2.75, 3.05) is 0 Å². The molecule has 0 atom stereocenters. The molecule has 2 aromatic heterocycles. The topological polar surface area (TPSA) is 73.8 Å². The van der Waals surface area contributed by atoms with Gasteiger partial charge >= 0.3 is 0 Å². The first-order valence-corrected chi connectivity index (χ1v) is 7.35. The zero-order valence-electron chi connectivity index (χ0n) is 12.5. The molecular formula is C16H16N4O2.